The molecule has 3 heteroatoms. The van der Waals surface area contributed by atoms with Gasteiger partial charge in [-0.3, -0.25) is 0 Å². The lowest BCUT2D eigenvalue weighted by atomic mass is 9.86. The smallest absolute Gasteiger partial charge is 0.0947 e. The molecule has 1 N–H and O–H groups in total. The highest BCUT2D eigenvalue weighted by Crippen LogP contribution is 2.22. The third-order valence-corrected chi connectivity index (χ3v) is 3.52. The molecule has 0 aromatic carbocycles. The van der Waals surface area contributed by atoms with Gasteiger partial charge >= 0.3 is 0 Å². The quantitative estimate of drug-likeness (QED) is 0.684. The van der Waals surface area contributed by atoms with Crippen LogP contribution in [-0.4, -0.2) is 31.6 Å². The minimum Gasteiger partial charge on any atom is -0.472 e. The summed E-state index contributed by atoms with van der Waals surface area (Å²) in [5.41, 5.74) is 1.59. The number of hydrogen-bond donors (Lipinski definition) is 1. The zero-order valence-electron chi connectivity index (χ0n) is 12.3. The van der Waals surface area contributed by atoms with Gasteiger partial charge in [-0.05, 0) is 37.9 Å². The Morgan fingerprint density at radius 3 is 2.72 bits per heavy atom. The van der Waals surface area contributed by atoms with E-state index in [9.17, 15) is 0 Å². The maximum Gasteiger partial charge on any atom is 0.0947 e. The summed E-state index contributed by atoms with van der Waals surface area (Å²) in [6.45, 7) is 11.1. The number of hydrogen-bond acceptors (Lipinski definition) is 3. The van der Waals surface area contributed by atoms with Gasteiger partial charge in [-0.15, -0.1) is 0 Å². The van der Waals surface area contributed by atoms with E-state index in [0.717, 1.165) is 26.2 Å². The van der Waals surface area contributed by atoms with E-state index in [1.54, 1.807) is 6.26 Å². The van der Waals surface area contributed by atoms with Crippen LogP contribution in [0.3, 0.4) is 0 Å². The maximum atomic E-state index is 5.11. The van der Waals surface area contributed by atoms with Gasteiger partial charge in [0, 0.05) is 25.2 Å². The molecule has 1 aromatic rings. The molecule has 0 amide bonds. The normalized spacial score (nSPS) is 14.9. The van der Waals surface area contributed by atoms with E-state index in [1.165, 1.54) is 18.4 Å². The molecule has 0 saturated carbocycles. The Hall–Kier alpha value is -0.800. The second kappa shape index (κ2) is 7.59. The second-order valence-electron chi connectivity index (χ2n) is 5.64. The Labute approximate surface area is 112 Å². The summed E-state index contributed by atoms with van der Waals surface area (Å²) in [6.07, 6.45) is 5.96. The lowest BCUT2D eigenvalue weighted by Crippen LogP contribution is -2.40. The Balaban J connectivity index is 2.40. The van der Waals surface area contributed by atoms with Crippen LogP contribution in [0.4, 0.5) is 0 Å². The van der Waals surface area contributed by atoms with Crippen molar-refractivity contribution in [2.24, 2.45) is 5.41 Å². The van der Waals surface area contributed by atoms with Crippen LogP contribution in [0.1, 0.15) is 39.2 Å². The molecule has 1 rings (SSSR count). The minimum atomic E-state index is 0.341. The lowest BCUT2D eigenvalue weighted by molar-refractivity contribution is 0.175. The van der Waals surface area contributed by atoms with Gasteiger partial charge < -0.3 is 14.6 Å². The Bertz CT molecular complexity index is 310. The molecule has 0 aliphatic carbocycles. The van der Waals surface area contributed by atoms with Crippen LogP contribution in [-0.2, 0) is 6.54 Å². The van der Waals surface area contributed by atoms with Gasteiger partial charge in [0.2, 0.25) is 0 Å². The van der Waals surface area contributed by atoms with Crippen LogP contribution in [0.25, 0.3) is 0 Å². The van der Waals surface area contributed by atoms with E-state index < -0.39 is 0 Å². The van der Waals surface area contributed by atoms with Gasteiger partial charge in [-0.2, -0.15) is 0 Å². The van der Waals surface area contributed by atoms with Gasteiger partial charge in [-0.25, -0.2) is 0 Å². The first kappa shape index (κ1) is 15.3. The van der Waals surface area contributed by atoms with E-state index in [2.05, 4.69) is 38.0 Å². The zero-order chi connectivity index (χ0) is 13.4. The second-order valence-corrected chi connectivity index (χ2v) is 5.64. The largest absolute Gasteiger partial charge is 0.472 e. The molecular formula is C15H28N2O. The van der Waals surface area contributed by atoms with Gasteiger partial charge in [0.25, 0.3) is 0 Å². The predicted molar refractivity (Wildman–Crippen MR) is 76.6 cm³/mol. The average Bonchev–Trinajstić information content (AvgIpc) is 2.82. The fourth-order valence-corrected chi connectivity index (χ4v) is 2.26. The molecule has 104 valence electrons. The molecule has 0 aliphatic rings. The summed E-state index contributed by atoms with van der Waals surface area (Å²) in [7, 11) is 2.18. The molecule has 1 heterocycles. The first-order valence-electron chi connectivity index (χ1n) is 7.00. The van der Waals surface area contributed by atoms with E-state index in [1.807, 2.05) is 12.3 Å². The van der Waals surface area contributed by atoms with Gasteiger partial charge in [0.15, 0.2) is 0 Å². The van der Waals surface area contributed by atoms with Crippen molar-refractivity contribution < 1.29 is 4.42 Å². The number of nitrogens with one attached hydrogen (secondary N) is 1. The van der Waals surface area contributed by atoms with Crippen LogP contribution >= 0.6 is 0 Å². The molecule has 0 spiro atoms. The zero-order valence-corrected chi connectivity index (χ0v) is 12.3. The first-order valence-corrected chi connectivity index (χ1v) is 7.00. The number of furan rings is 1. The molecule has 18 heavy (non-hydrogen) atoms. The van der Waals surface area contributed by atoms with Crippen LogP contribution in [0, 0.1) is 5.41 Å². The monoisotopic (exact) mass is 252 g/mol. The molecule has 0 aliphatic heterocycles. The number of nitrogens with zero attached hydrogens (tertiary/aromatic N) is 1. The highest BCUT2D eigenvalue weighted by atomic mass is 16.3. The standard InChI is InChI=1S/C15H28N2O/c1-5-8-16-12-15(3,6-2)13-17(4)10-14-7-9-18-11-14/h7,9,11,16H,5-6,8,10,12-13H2,1-4H3. The summed E-state index contributed by atoms with van der Waals surface area (Å²) < 4.78 is 5.11. The molecule has 3 nitrogen and oxygen atoms in total. The van der Waals surface area contributed by atoms with Crippen molar-refractivity contribution in [3.63, 3.8) is 0 Å². The molecule has 0 saturated heterocycles. The summed E-state index contributed by atoms with van der Waals surface area (Å²) in [5.74, 6) is 0. The third-order valence-electron chi connectivity index (χ3n) is 3.52. The van der Waals surface area contributed by atoms with Crippen molar-refractivity contribution in [2.75, 3.05) is 26.7 Å². The Morgan fingerprint density at radius 1 is 1.39 bits per heavy atom. The number of rotatable bonds is 9. The Kier molecular flexibility index (Phi) is 6.44. The van der Waals surface area contributed by atoms with Gasteiger partial charge in [0.1, 0.15) is 0 Å². The van der Waals surface area contributed by atoms with E-state index >= 15 is 0 Å². The maximum absolute atomic E-state index is 5.11. The van der Waals surface area contributed by atoms with Crippen LogP contribution in [0.2, 0.25) is 0 Å². The fourth-order valence-electron chi connectivity index (χ4n) is 2.26. The summed E-state index contributed by atoms with van der Waals surface area (Å²) in [4.78, 5) is 2.38. The SMILES string of the molecule is CCCNCC(C)(CC)CN(C)Cc1ccoc1. The summed E-state index contributed by atoms with van der Waals surface area (Å²) in [6, 6.07) is 2.04. The lowest BCUT2D eigenvalue weighted by Gasteiger charge is -2.33. The summed E-state index contributed by atoms with van der Waals surface area (Å²) in [5, 5.41) is 3.55. The molecule has 0 radical (unpaired) electrons. The van der Waals surface area contributed by atoms with E-state index in [0.29, 0.717) is 5.41 Å². The van der Waals surface area contributed by atoms with Crippen molar-refractivity contribution >= 4 is 0 Å². The van der Waals surface area contributed by atoms with Crippen molar-refractivity contribution in [1.82, 2.24) is 10.2 Å². The fraction of sp³-hybridized carbons (Fsp3) is 0.733. The first-order chi connectivity index (χ1) is 8.59. The molecule has 1 aromatic heterocycles. The van der Waals surface area contributed by atoms with Crippen molar-refractivity contribution in [3.8, 4) is 0 Å². The highest BCUT2D eigenvalue weighted by Gasteiger charge is 2.23. The predicted octanol–water partition coefficient (Wildman–Crippen LogP) is 3.13. The molecule has 1 unspecified atom stereocenters. The summed E-state index contributed by atoms with van der Waals surface area (Å²) >= 11 is 0. The topological polar surface area (TPSA) is 28.4 Å². The Morgan fingerprint density at radius 2 is 2.17 bits per heavy atom. The highest BCUT2D eigenvalue weighted by molar-refractivity contribution is 5.04. The minimum absolute atomic E-state index is 0.341. The van der Waals surface area contributed by atoms with Gasteiger partial charge in [-0.1, -0.05) is 20.8 Å². The van der Waals surface area contributed by atoms with Crippen LogP contribution in [0.15, 0.2) is 23.0 Å². The molecular weight excluding hydrogens is 224 g/mol. The van der Waals surface area contributed by atoms with Crippen molar-refractivity contribution in [3.05, 3.63) is 24.2 Å². The van der Waals surface area contributed by atoms with E-state index in [-0.39, 0.29) is 0 Å². The van der Waals surface area contributed by atoms with Crippen LogP contribution in [0.5, 0.6) is 0 Å². The third kappa shape index (κ3) is 5.23. The van der Waals surface area contributed by atoms with Gasteiger partial charge in [0.05, 0.1) is 12.5 Å². The van der Waals surface area contributed by atoms with Crippen molar-refractivity contribution in [1.29, 1.82) is 0 Å². The molecule has 1 atom stereocenters. The van der Waals surface area contributed by atoms with Crippen molar-refractivity contribution in [2.45, 2.75) is 40.2 Å². The molecule has 0 fully saturated rings. The van der Waals surface area contributed by atoms with E-state index in [4.69, 9.17) is 4.42 Å². The molecule has 0 bridgehead atoms. The van der Waals surface area contributed by atoms with Crippen LogP contribution < -0.4 is 5.32 Å². The average molecular weight is 252 g/mol.